The van der Waals surface area contributed by atoms with E-state index in [2.05, 4.69) is 5.43 Å². The number of benzene rings is 2. The summed E-state index contributed by atoms with van der Waals surface area (Å²) < 4.78 is 53.6. The molecule has 1 saturated carbocycles. The number of rotatable bonds is 7. The second kappa shape index (κ2) is 11.7. The number of morpholine rings is 1. The van der Waals surface area contributed by atoms with E-state index in [1.807, 2.05) is 31.2 Å². The number of aromatic nitrogens is 1. The van der Waals surface area contributed by atoms with Crippen molar-refractivity contribution in [3.63, 3.8) is 0 Å². The SMILES string of the molecule is CCCCOC(=O)OCOc1c2n(c(-c3cc(F)c(F)c4c3Cc3ccccc3SC4)cc1=O)N[C@@H]1COC3(CC3)CN1C2=O. The average Bonchev–Trinajstić information content (AvgIpc) is 3.82. The first kappa shape index (κ1) is 29.6. The number of unbranched alkanes of at least 4 members (excludes halogenated alkanes) is 1. The first-order valence-electron chi connectivity index (χ1n) is 14.9. The molecule has 1 aromatic heterocycles. The lowest BCUT2D eigenvalue weighted by atomic mass is 9.92. The van der Waals surface area contributed by atoms with Crippen LogP contribution in [0.15, 0.2) is 46.1 Å². The van der Waals surface area contributed by atoms with E-state index in [-0.39, 0.29) is 53.7 Å². The van der Waals surface area contributed by atoms with Crippen molar-refractivity contribution < 1.29 is 37.3 Å². The molecule has 3 aromatic rings. The molecule has 2 fully saturated rings. The normalized spacial score (nSPS) is 19.0. The highest BCUT2D eigenvalue weighted by Crippen LogP contribution is 2.45. The Balaban J connectivity index is 1.33. The predicted molar refractivity (Wildman–Crippen MR) is 160 cm³/mol. The molecule has 4 aliphatic rings. The Morgan fingerprint density at radius 1 is 1.16 bits per heavy atom. The van der Waals surface area contributed by atoms with Crippen LogP contribution < -0.4 is 15.6 Å². The Hall–Kier alpha value is -4.10. The van der Waals surface area contributed by atoms with Crippen LogP contribution in [-0.4, -0.2) is 60.0 Å². The molecule has 0 bridgehead atoms. The van der Waals surface area contributed by atoms with Crippen molar-refractivity contribution >= 4 is 23.8 Å². The first-order chi connectivity index (χ1) is 21.8. The number of nitrogens with zero attached hydrogens (tertiary/aromatic N) is 2. The van der Waals surface area contributed by atoms with Gasteiger partial charge in [-0.1, -0.05) is 31.5 Å². The molecule has 10 nitrogen and oxygen atoms in total. The van der Waals surface area contributed by atoms with Crippen molar-refractivity contribution in [2.45, 2.75) is 61.4 Å². The van der Waals surface area contributed by atoms with Gasteiger partial charge in [0.25, 0.3) is 5.91 Å². The maximum atomic E-state index is 15.3. The molecule has 2 aromatic carbocycles. The van der Waals surface area contributed by atoms with Crippen molar-refractivity contribution in [1.29, 1.82) is 0 Å². The molecule has 0 radical (unpaired) electrons. The van der Waals surface area contributed by atoms with E-state index >= 15 is 8.78 Å². The summed E-state index contributed by atoms with van der Waals surface area (Å²) in [7, 11) is 0. The zero-order valence-corrected chi connectivity index (χ0v) is 25.3. The minimum atomic E-state index is -1.06. The fourth-order valence-electron chi connectivity index (χ4n) is 6.02. The molecular formula is C32H31F2N3O7S. The molecule has 1 spiro atoms. The van der Waals surface area contributed by atoms with E-state index in [9.17, 15) is 14.4 Å². The third-order valence-corrected chi connectivity index (χ3v) is 9.77. The number of ether oxygens (including phenoxy) is 4. The lowest BCUT2D eigenvalue weighted by molar-refractivity contribution is -0.0666. The van der Waals surface area contributed by atoms with E-state index in [0.717, 1.165) is 35.8 Å². The van der Waals surface area contributed by atoms with Gasteiger partial charge in [0, 0.05) is 27.8 Å². The molecular weight excluding hydrogens is 608 g/mol. The zero-order chi connectivity index (χ0) is 31.3. The number of carbonyl (C=O) groups is 2. The van der Waals surface area contributed by atoms with Crippen LogP contribution in [0.3, 0.4) is 0 Å². The fraction of sp³-hybridized carbons (Fsp3) is 0.406. The monoisotopic (exact) mass is 639 g/mol. The zero-order valence-electron chi connectivity index (χ0n) is 24.5. The highest BCUT2D eigenvalue weighted by Gasteiger charge is 2.53. The Labute approximate surface area is 261 Å². The van der Waals surface area contributed by atoms with Gasteiger partial charge in [-0.25, -0.2) is 18.3 Å². The summed E-state index contributed by atoms with van der Waals surface area (Å²) in [5.74, 6) is -2.66. The number of hydrogen-bond donors (Lipinski definition) is 1. The summed E-state index contributed by atoms with van der Waals surface area (Å²) in [5, 5.41) is 0. The smallest absolute Gasteiger partial charge is 0.451 e. The molecule has 1 N–H and O–H groups in total. The van der Waals surface area contributed by atoms with Gasteiger partial charge in [-0.15, -0.1) is 11.8 Å². The molecule has 0 unspecified atom stereocenters. The summed E-state index contributed by atoms with van der Waals surface area (Å²) in [6.07, 6.45) is 1.84. The minimum absolute atomic E-state index is 0.142. The topological polar surface area (TPSA) is 108 Å². The van der Waals surface area contributed by atoms with Gasteiger partial charge in [0.05, 0.1) is 31.1 Å². The number of fused-ring (bicyclic) bond motifs is 4. The predicted octanol–water partition coefficient (Wildman–Crippen LogP) is 5.17. The van der Waals surface area contributed by atoms with Gasteiger partial charge in [0.15, 0.2) is 17.3 Å². The van der Waals surface area contributed by atoms with E-state index < -0.39 is 47.7 Å². The Morgan fingerprint density at radius 3 is 2.78 bits per heavy atom. The number of hydrogen-bond acceptors (Lipinski definition) is 9. The average molecular weight is 640 g/mol. The van der Waals surface area contributed by atoms with Crippen LogP contribution in [-0.2, 0) is 26.4 Å². The van der Waals surface area contributed by atoms with Gasteiger partial charge in [-0.2, -0.15) is 0 Å². The molecule has 1 saturated heterocycles. The van der Waals surface area contributed by atoms with Crippen LogP contribution in [0.1, 0.15) is 59.8 Å². The van der Waals surface area contributed by atoms with Crippen molar-refractivity contribution in [3.05, 3.63) is 80.6 Å². The molecule has 236 valence electrons. The molecule has 1 aliphatic carbocycles. The Morgan fingerprint density at radius 2 is 1.98 bits per heavy atom. The molecule has 1 atom stereocenters. The Kier molecular flexibility index (Phi) is 7.68. The molecule has 3 aliphatic heterocycles. The number of pyridine rings is 1. The van der Waals surface area contributed by atoms with Crippen molar-refractivity contribution in [2.24, 2.45) is 0 Å². The van der Waals surface area contributed by atoms with Crippen LogP contribution in [0.2, 0.25) is 0 Å². The summed E-state index contributed by atoms with van der Waals surface area (Å²) >= 11 is 1.41. The van der Waals surface area contributed by atoms with Crippen LogP contribution in [0, 0.1) is 11.6 Å². The highest BCUT2D eigenvalue weighted by molar-refractivity contribution is 7.98. The van der Waals surface area contributed by atoms with Gasteiger partial charge < -0.3 is 29.3 Å². The van der Waals surface area contributed by atoms with Gasteiger partial charge in [-0.3, -0.25) is 9.59 Å². The maximum Gasteiger partial charge on any atom is 0.511 e. The fourth-order valence-corrected chi connectivity index (χ4v) is 7.12. The number of amides is 1. The van der Waals surface area contributed by atoms with Crippen LogP contribution >= 0.6 is 11.8 Å². The summed E-state index contributed by atoms with van der Waals surface area (Å²) in [5.41, 5.74) is 4.10. The standard InChI is InChI=1S/C32H31F2N3O7S/c1-2-3-10-41-31(40)43-17-42-29-24(38)13-23(37-28(29)30(39)36-16-32(8-9-32)44-14-26(36)35-37)20-12-22(33)27(34)21-15-45-25-7-5-4-6-18(25)11-19(20)21/h4-7,12-13,26,35H,2-3,8-11,14-17H2,1H3/t26-/m0/s1. The third kappa shape index (κ3) is 5.41. The summed E-state index contributed by atoms with van der Waals surface area (Å²) in [4.78, 5) is 42.4. The van der Waals surface area contributed by atoms with Crippen molar-refractivity contribution in [1.82, 2.24) is 9.58 Å². The van der Waals surface area contributed by atoms with Gasteiger partial charge in [0.1, 0.15) is 6.17 Å². The van der Waals surface area contributed by atoms with Gasteiger partial charge in [-0.05, 0) is 48.9 Å². The van der Waals surface area contributed by atoms with E-state index in [0.29, 0.717) is 18.5 Å². The largest absolute Gasteiger partial charge is 0.511 e. The molecule has 7 rings (SSSR count). The number of nitrogens with one attached hydrogen (secondary N) is 1. The molecule has 4 heterocycles. The van der Waals surface area contributed by atoms with E-state index in [4.69, 9.17) is 18.9 Å². The van der Waals surface area contributed by atoms with Crippen LogP contribution in [0.5, 0.6) is 5.75 Å². The van der Waals surface area contributed by atoms with Gasteiger partial charge in [0.2, 0.25) is 18.0 Å². The lowest BCUT2D eigenvalue weighted by Crippen LogP contribution is -2.62. The van der Waals surface area contributed by atoms with E-state index in [1.54, 1.807) is 4.90 Å². The molecule has 13 heteroatoms. The lowest BCUT2D eigenvalue weighted by Gasteiger charge is -2.45. The maximum absolute atomic E-state index is 15.3. The second-order valence-corrected chi connectivity index (χ2v) is 12.6. The van der Waals surface area contributed by atoms with Crippen LogP contribution in [0.4, 0.5) is 13.6 Å². The molecule has 1 amide bonds. The quantitative estimate of drug-likeness (QED) is 0.213. The Bertz CT molecular complexity index is 1760. The number of carbonyl (C=O) groups excluding carboxylic acids is 2. The second-order valence-electron chi connectivity index (χ2n) is 11.6. The van der Waals surface area contributed by atoms with Crippen LogP contribution in [0.25, 0.3) is 11.3 Å². The number of halogens is 2. The van der Waals surface area contributed by atoms with Crippen molar-refractivity contribution in [2.75, 3.05) is 32.0 Å². The summed E-state index contributed by atoms with van der Waals surface area (Å²) in [6.45, 7) is 1.95. The highest BCUT2D eigenvalue weighted by atomic mass is 32.2. The number of thioether (sulfide) groups is 1. The van der Waals surface area contributed by atoms with E-state index in [1.165, 1.54) is 22.5 Å². The van der Waals surface area contributed by atoms with Crippen molar-refractivity contribution in [3.8, 4) is 17.0 Å². The first-order valence-corrected chi connectivity index (χ1v) is 15.9. The third-order valence-electron chi connectivity index (χ3n) is 8.62. The minimum Gasteiger partial charge on any atom is -0.451 e. The molecule has 45 heavy (non-hydrogen) atoms. The summed E-state index contributed by atoms with van der Waals surface area (Å²) in [6, 6.07) is 9.93. The van der Waals surface area contributed by atoms with Gasteiger partial charge >= 0.3 is 6.16 Å².